The molecule has 1 aliphatic heterocycles. The number of halogens is 6. The van der Waals surface area contributed by atoms with Crippen LogP contribution >= 0.6 is 23.1 Å². The second-order valence-corrected chi connectivity index (χ2v) is 12.3. The monoisotopic (exact) mass is 622 g/mol. The molecule has 1 aliphatic rings. The molecule has 1 aromatic heterocycles. The third kappa shape index (κ3) is 7.19. The van der Waals surface area contributed by atoms with Gasteiger partial charge < -0.3 is 9.64 Å². The highest BCUT2D eigenvalue weighted by Crippen LogP contribution is 2.48. The molecule has 214 valence electrons. The number of ether oxygens (including phenoxy) is 1. The zero-order chi connectivity index (χ0) is 29.1. The van der Waals surface area contributed by atoms with E-state index in [0.29, 0.717) is 11.8 Å². The quantitative estimate of drug-likeness (QED) is 0.237. The van der Waals surface area contributed by atoms with Gasteiger partial charge in [0, 0.05) is 34.6 Å². The Morgan fingerprint density at radius 2 is 1.68 bits per heavy atom. The highest BCUT2D eigenvalue weighted by molar-refractivity contribution is 7.99. The molecule has 0 atom stereocenters. The highest BCUT2D eigenvalue weighted by atomic mass is 32.2. The summed E-state index contributed by atoms with van der Waals surface area (Å²) in [4.78, 5) is 13.0. The predicted octanol–water partition coefficient (Wildman–Crippen LogP) is 6.61. The van der Waals surface area contributed by atoms with Crippen molar-refractivity contribution in [1.29, 1.82) is 0 Å². The van der Waals surface area contributed by atoms with Crippen LogP contribution in [0.5, 0.6) is 0 Å². The fourth-order valence-electron chi connectivity index (χ4n) is 3.83. The lowest BCUT2D eigenvalue weighted by atomic mass is 9.99. The summed E-state index contributed by atoms with van der Waals surface area (Å²) in [6.45, 7) is 0.908. The van der Waals surface area contributed by atoms with Crippen LogP contribution in [0.2, 0.25) is 0 Å². The fraction of sp³-hybridized carbons (Fsp3) is 0.240. The summed E-state index contributed by atoms with van der Waals surface area (Å²) in [6.07, 6.45) is -9.26. The molecule has 6 nitrogen and oxygen atoms in total. The molecule has 0 aliphatic carbocycles. The Balaban J connectivity index is 1.69. The molecule has 3 aromatic rings. The minimum Gasteiger partial charge on any atom is -0.378 e. The SMILES string of the molecule is O=C(C=Cc1ccc(Sc2cccc(NS(=O)(=O)c3cccs3)c2)c(C(F)(F)F)c1C(F)(F)F)N1CCOCC1. The Labute approximate surface area is 233 Å². The molecule has 2 heterocycles. The van der Waals surface area contributed by atoms with Gasteiger partial charge in [-0.1, -0.05) is 30.0 Å². The average Bonchev–Trinajstić information content (AvgIpc) is 3.43. The standard InChI is InChI=1S/C25H20F6N2O4S3/c26-24(27,28)22-16(7-9-20(34)33-10-12-37-13-11-33)6-8-19(23(22)25(29,30)31)39-18-4-1-3-17(15-18)32-40(35,36)21-5-2-14-38-21/h1-9,14-15,32H,10-13H2. The van der Waals surface area contributed by atoms with Gasteiger partial charge in [0.15, 0.2) is 0 Å². The van der Waals surface area contributed by atoms with Crippen molar-refractivity contribution in [2.75, 3.05) is 31.0 Å². The first kappa shape index (κ1) is 30.0. The van der Waals surface area contributed by atoms with Crippen molar-refractivity contribution < 1.29 is 44.3 Å². The van der Waals surface area contributed by atoms with Crippen LogP contribution in [0.4, 0.5) is 32.0 Å². The van der Waals surface area contributed by atoms with Gasteiger partial charge in [-0.2, -0.15) is 26.3 Å². The summed E-state index contributed by atoms with van der Waals surface area (Å²) < 4.78 is 117. The van der Waals surface area contributed by atoms with Crippen LogP contribution < -0.4 is 4.72 Å². The number of carbonyl (C=O) groups excluding carboxylic acids is 1. The number of benzene rings is 2. The van der Waals surface area contributed by atoms with Gasteiger partial charge in [-0.25, -0.2) is 8.42 Å². The van der Waals surface area contributed by atoms with Crippen LogP contribution in [-0.2, 0) is 31.9 Å². The summed E-state index contributed by atoms with van der Waals surface area (Å²) in [6, 6.07) is 9.94. The second-order valence-electron chi connectivity index (χ2n) is 8.34. The molecule has 0 bridgehead atoms. The molecular weight excluding hydrogens is 602 g/mol. The third-order valence-electron chi connectivity index (χ3n) is 5.57. The van der Waals surface area contributed by atoms with Gasteiger partial charge in [-0.3, -0.25) is 9.52 Å². The molecule has 1 N–H and O–H groups in total. The van der Waals surface area contributed by atoms with Crippen molar-refractivity contribution >= 4 is 50.8 Å². The number of amides is 1. The van der Waals surface area contributed by atoms with Crippen molar-refractivity contribution in [1.82, 2.24) is 4.90 Å². The molecule has 0 radical (unpaired) electrons. The number of morpholine rings is 1. The van der Waals surface area contributed by atoms with E-state index in [4.69, 9.17) is 4.74 Å². The molecule has 15 heteroatoms. The first-order chi connectivity index (χ1) is 18.8. The first-order valence-corrected chi connectivity index (χ1v) is 14.6. The maximum Gasteiger partial charge on any atom is 0.418 e. The summed E-state index contributed by atoms with van der Waals surface area (Å²) >= 11 is 1.36. The lowest BCUT2D eigenvalue weighted by Crippen LogP contribution is -2.39. The number of alkyl halides is 6. The van der Waals surface area contributed by atoms with Gasteiger partial charge >= 0.3 is 12.4 Å². The summed E-state index contributed by atoms with van der Waals surface area (Å²) in [5.41, 5.74) is -4.63. The molecule has 1 amide bonds. The van der Waals surface area contributed by atoms with Gasteiger partial charge in [0.1, 0.15) is 4.21 Å². The number of thiophene rings is 1. The van der Waals surface area contributed by atoms with Crippen molar-refractivity contribution in [3.63, 3.8) is 0 Å². The number of rotatable bonds is 7. The van der Waals surface area contributed by atoms with E-state index in [1.54, 1.807) is 5.38 Å². The van der Waals surface area contributed by atoms with E-state index in [9.17, 15) is 39.6 Å². The topological polar surface area (TPSA) is 75.7 Å². The molecule has 2 aromatic carbocycles. The Kier molecular flexibility index (Phi) is 8.87. The third-order valence-corrected chi connectivity index (χ3v) is 9.40. The van der Waals surface area contributed by atoms with Crippen molar-refractivity contribution in [2.24, 2.45) is 0 Å². The van der Waals surface area contributed by atoms with Crippen LogP contribution in [-0.4, -0.2) is 45.5 Å². The van der Waals surface area contributed by atoms with E-state index in [0.717, 1.165) is 35.6 Å². The number of hydrogen-bond acceptors (Lipinski definition) is 6. The Hall–Kier alpha value is -3.01. The largest absolute Gasteiger partial charge is 0.418 e. The molecule has 0 spiro atoms. The molecular formula is C25H20F6N2O4S3. The van der Waals surface area contributed by atoms with E-state index in [2.05, 4.69) is 4.72 Å². The molecule has 0 saturated carbocycles. The van der Waals surface area contributed by atoms with Crippen molar-refractivity contribution in [3.8, 4) is 0 Å². The highest BCUT2D eigenvalue weighted by Gasteiger charge is 2.46. The van der Waals surface area contributed by atoms with Crippen LogP contribution in [0.15, 0.2) is 74.0 Å². The van der Waals surface area contributed by atoms with Crippen LogP contribution in [0.1, 0.15) is 16.7 Å². The Morgan fingerprint density at radius 1 is 0.975 bits per heavy atom. The predicted molar refractivity (Wildman–Crippen MR) is 139 cm³/mol. The number of nitrogens with zero attached hydrogens (tertiary/aromatic N) is 1. The molecule has 4 rings (SSSR count). The Bertz CT molecular complexity index is 1500. The zero-order valence-electron chi connectivity index (χ0n) is 20.3. The lowest BCUT2D eigenvalue weighted by Gasteiger charge is -2.25. The second kappa shape index (κ2) is 11.8. The number of nitrogens with one attached hydrogen (secondary N) is 1. The van der Waals surface area contributed by atoms with E-state index in [-0.39, 0.29) is 41.1 Å². The van der Waals surface area contributed by atoms with E-state index < -0.39 is 49.9 Å². The summed E-state index contributed by atoms with van der Waals surface area (Å²) in [5, 5.41) is 1.55. The number of anilines is 1. The molecule has 40 heavy (non-hydrogen) atoms. The van der Waals surface area contributed by atoms with Crippen LogP contribution in [0.25, 0.3) is 6.08 Å². The van der Waals surface area contributed by atoms with Crippen LogP contribution in [0, 0.1) is 0 Å². The molecule has 0 unspecified atom stereocenters. The maximum absolute atomic E-state index is 14.2. The summed E-state index contributed by atoms with van der Waals surface area (Å²) in [5.74, 6) is -0.648. The molecule has 1 fully saturated rings. The van der Waals surface area contributed by atoms with Gasteiger partial charge in [0.2, 0.25) is 5.91 Å². The lowest BCUT2D eigenvalue weighted by molar-refractivity contribution is -0.163. The van der Waals surface area contributed by atoms with Gasteiger partial charge in [-0.05, 0) is 47.4 Å². The fourth-order valence-corrected chi connectivity index (χ4v) is 6.92. The van der Waals surface area contributed by atoms with Crippen molar-refractivity contribution in [3.05, 3.63) is 76.7 Å². The summed E-state index contributed by atoms with van der Waals surface area (Å²) in [7, 11) is -3.96. The normalized spacial score (nSPS) is 15.0. The minimum absolute atomic E-state index is 0.00970. The average molecular weight is 623 g/mol. The minimum atomic E-state index is -5.40. The Morgan fingerprint density at radius 3 is 2.30 bits per heavy atom. The van der Waals surface area contributed by atoms with E-state index >= 15 is 0 Å². The van der Waals surface area contributed by atoms with Crippen LogP contribution in [0.3, 0.4) is 0 Å². The number of sulfonamides is 1. The van der Waals surface area contributed by atoms with Gasteiger partial charge in [0.25, 0.3) is 10.0 Å². The smallest absolute Gasteiger partial charge is 0.378 e. The van der Waals surface area contributed by atoms with E-state index in [1.807, 2.05) is 0 Å². The molecule has 1 saturated heterocycles. The maximum atomic E-state index is 14.2. The van der Waals surface area contributed by atoms with Crippen molar-refractivity contribution in [2.45, 2.75) is 26.4 Å². The van der Waals surface area contributed by atoms with E-state index in [1.165, 1.54) is 41.3 Å². The number of carbonyl (C=O) groups is 1. The first-order valence-electron chi connectivity index (χ1n) is 11.5. The van der Waals surface area contributed by atoms with Gasteiger partial charge in [0.05, 0.1) is 24.3 Å². The number of hydrogen-bond donors (Lipinski definition) is 1. The zero-order valence-corrected chi connectivity index (χ0v) is 22.7. The van der Waals surface area contributed by atoms with Gasteiger partial charge in [-0.15, -0.1) is 11.3 Å².